The molecule has 0 aromatic heterocycles. The van der Waals surface area contributed by atoms with Crippen LogP contribution in [0.5, 0.6) is 11.5 Å². The molecule has 0 fully saturated rings. The summed E-state index contributed by atoms with van der Waals surface area (Å²) >= 11 is 0. The predicted molar refractivity (Wildman–Crippen MR) is 87.9 cm³/mol. The summed E-state index contributed by atoms with van der Waals surface area (Å²) in [6.45, 7) is 0. The SMILES string of the molecule is COc1cc(NS(=O)(=O)c2ccc(N)cc2)c([N+](=O)[O-])cc1OC. The Balaban J connectivity index is 2.51. The number of nitrogens with one attached hydrogen (secondary N) is 1. The second kappa shape index (κ2) is 6.62. The Morgan fingerprint density at radius 3 is 2.12 bits per heavy atom. The number of benzene rings is 2. The average Bonchev–Trinajstić information content (AvgIpc) is 2.54. The molecule has 0 saturated heterocycles. The molecule has 24 heavy (non-hydrogen) atoms. The van der Waals surface area contributed by atoms with E-state index < -0.39 is 20.6 Å². The maximum atomic E-state index is 12.4. The van der Waals surface area contributed by atoms with Gasteiger partial charge < -0.3 is 15.2 Å². The topological polar surface area (TPSA) is 134 Å². The number of nitrogens with zero attached hydrogens (tertiary/aromatic N) is 1. The lowest BCUT2D eigenvalue weighted by atomic mass is 10.2. The summed E-state index contributed by atoms with van der Waals surface area (Å²) < 4.78 is 37.0. The largest absolute Gasteiger partial charge is 0.493 e. The maximum Gasteiger partial charge on any atom is 0.297 e. The van der Waals surface area contributed by atoms with Gasteiger partial charge in [-0.1, -0.05) is 0 Å². The molecular formula is C14H15N3O6S. The molecule has 128 valence electrons. The number of hydrogen-bond acceptors (Lipinski definition) is 7. The van der Waals surface area contributed by atoms with E-state index >= 15 is 0 Å². The van der Waals surface area contributed by atoms with Crippen LogP contribution >= 0.6 is 0 Å². The van der Waals surface area contributed by atoms with Crippen LogP contribution in [0.3, 0.4) is 0 Å². The Bertz CT molecular complexity index is 865. The molecule has 0 aliphatic rings. The van der Waals surface area contributed by atoms with E-state index in [2.05, 4.69) is 4.72 Å². The van der Waals surface area contributed by atoms with Gasteiger partial charge in [0, 0.05) is 11.8 Å². The van der Waals surface area contributed by atoms with Crippen molar-refractivity contribution in [1.82, 2.24) is 0 Å². The summed E-state index contributed by atoms with van der Waals surface area (Å²) in [7, 11) is -1.38. The van der Waals surface area contributed by atoms with E-state index in [4.69, 9.17) is 15.2 Å². The molecular weight excluding hydrogens is 338 g/mol. The van der Waals surface area contributed by atoms with Gasteiger partial charge in [0.05, 0.1) is 30.1 Å². The minimum absolute atomic E-state index is 0.0826. The van der Waals surface area contributed by atoms with Gasteiger partial charge >= 0.3 is 0 Å². The predicted octanol–water partition coefficient (Wildman–Crippen LogP) is 1.99. The van der Waals surface area contributed by atoms with Crippen LogP contribution in [-0.4, -0.2) is 27.6 Å². The van der Waals surface area contributed by atoms with Gasteiger partial charge in [0.1, 0.15) is 5.69 Å². The van der Waals surface area contributed by atoms with Gasteiger partial charge in [-0.25, -0.2) is 8.42 Å². The second-order valence-electron chi connectivity index (χ2n) is 4.66. The highest BCUT2D eigenvalue weighted by Crippen LogP contribution is 2.38. The Hall–Kier alpha value is -3.01. The van der Waals surface area contributed by atoms with E-state index in [1.807, 2.05) is 0 Å². The lowest BCUT2D eigenvalue weighted by molar-refractivity contribution is -0.384. The van der Waals surface area contributed by atoms with Crippen LogP contribution in [-0.2, 0) is 10.0 Å². The number of methoxy groups -OCH3 is 2. The number of nitro groups is 1. The fourth-order valence-corrected chi connectivity index (χ4v) is 3.02. The number of nitrogens with two attached hydrogens (primary N) is 1. The third kappa shape index (κ3) is 3.49. The van der Waals surface area contributed by atoms with Crippen molar-refractivity contribution >= 4 is 27.1 Å². The number of nitrogen functional groups attached to an aromatic ring is 1. The van der Waals surface area contributed by atoms with Crippen molar-refractivity contribution in [2.75, 3.05) is 24.7 Å². The van der Waals surface area contributed by atoms with Gasteiger partial charge in [-0.3, -0.25) is 14.8 Å². The van der Waals surface area contributed by atoms with E-state index in [0.717, 1.165) is 6.07 Å². The minimum atomic E-state index is -4.04. The Morgan fingerprint density at radius 2 is 1.62 bits per heavy atom. The van der Waals surface area contributed by atoms with Gasteiger partial charge in [0.2, 0.25) is 0 Å². The van der Waals surface area contributed by atoms with Crippen LogP contribution in [0, 0.1) is 10.1 Å². The number of rotatable bonds is 6. The summed E-state index contributed by atoms with van der Waals surface area (Å²) in [5.41, 5.74) is 5.21. The first-order chi connectivity index (χ1) is 11.3. The number of ether oxygens (including phenoxy) is 2. The maximum absolute atomic E-state index is 12.4. The van der Waals surface area contributed by atoms with Crippen molar-refractivity contribution in [3.8, 4) is 11.5 Å². The van der Waals surface area contributed by atoms with Gasteiger partial charge in [-0.15, -0.1) is 0 Å². The van der Waals surface area contributed by atoms with Gasteiger partial charge in [-0.2, -0.15) is 0 Å². The Morgan fingerprint density at radius 1 is 1.08 bits per heavy atom. The molecule has 2 aromatic rings. The monoisotopic (exact) mass is 353 g/mol. The zero-order valence-corrected chi connectivity index (χ0v) is 13.7. The first-order valence-electron chi connectivity index (χ1n) is 6.57. The van der Waals surface area contributed by atoms with Crippen molar-refractivity contribution < 1.29 is 22.8 Å². The average molecular weight is 353 g/mol. The first-order valence-corrected chi connectivity index (χ1v) is 8.05. The quantitative estimate of drug-likeness (QED) is 0.461. The molecule has 2 aromatic carbocycles. The van der Waals surface area contributed by atoms with Crippen LogP contribution in [0.25, 0.3) is 0 Å². The summed E-state index contributed by atoms with van der Waals surface area (Å²) in [5.74, 6) is 0.262. The second-order valence-corrected chi connectivity index (χ2v) is 6.34. The molecule has 0 amide bonds. The van der Waals surface area contributed by atoms with Crippen molar-refractivity contribution in [2.24, 2.45) is 0 Å². The zero-order chi connectivity index (χ0) is 17.9. The fraction of sp³-hybridized carbons (Fsp3) is 0.143. The van der Waals surface area contributed by atoms with Crippen LogP contribution in [0.2, 0.25) is 0 Å². The van der Waals surface area contributed by atoms with Crippen molar-refractivity contribution in [3.05, 3.63) is 46.5 Å². The van der Waals surface area contributed by atoms with Crippen LogP contribution < -0.4 is 19.9 Å². The molecule has 0 spiro atoms. The molecule has 2 rings (SSSR count). The minimum Gasteiger partial charge on any atom is -0.493 e. The normalized spacial score (nSPS) is 10.9. The standard InChI is InChI=1S/C14H15N3O6S/c1-22-13-7-11(12(17(18)19)8-14(13)23-2)16-24(20,21)10-5-3-9(15)4-6-10/h3-8,16H,15H2,1-2H3. The molecule has 0 heterocycles. The van der Waals surface area contributed by atoms with E-state index in [0.29, 0.717) is 5.69 Å². The summed E-state index contributed by atoms with van der Waals surface area (Å²) in [6.07, 6.45) is 0. The Kier molecular flexibility index (Phi) is 4.79. The smallest absolute Gasteiger partial charge is 0.297 e. The summed E-state index contributed by atoms with van der Waals surface area (Å²) in [5, 5.41) is 11.2. The third-order valence-corrected chi connectivity index (χ3v) is 4.51. The molecule has 0 bridgehead atoms. The number of nitro benzene ring substituents is 1. The highest BCUT2D eigenvalue weighted by molar-refractivity contribution is 7.92. The molecule has 0 unspecified atom stereocenters. The Labute approximate surface area is 138 Å². The molecule has 10 heteroatoms. The highest BCUT2D eigenvalue weighted by Gasteiger charge is 2.24. The highest BCUT2D eigenvalue weighted by atomic mass is 32.2. The van der Waals surface area contributed by atoms with Gasteiger partial charge in [0.25, 0.3) is 15.7 Å². The number of hydrogen-bond donors (Lipinski definition) is 2. The number of anilines is 2. The van der Waals surface area contributed by atoms with Gasteiger partial charge in [0.15, 0.2) is 11.5 Å². The summed E-state index contributed by atoms with van der Waals surface area (Å²) in [6, 6.07) is 7.69. The van der Waals surface area contributed by atoms with Crippen LogP contribution in [0.1, 0.15) is 0 Å². The lowest BCUT2D eigenvalue weighted by Crippen LogP contribution is -2.14. The molecule has 0 aliphatic carbocycles. The van der Waals surface area contributed by atoms with E-state index in [-0.39, 0.29) is 22.1 Å². The zero-order valence-electron chi connectivity index (χ0n) is 12.8. The van der Waals surface area contributed by atoms with Crippen molar-refractivity contribution in [3.63, 3.8) is 0 Å². The van der Waals surface area contributed by atoms with Crippen molar-refractivity contribution in [1.29, 1.82) is 0 Å². The van der Waals surface area contributed by atoms with E-state index in [9.17, 15) is 18.5 Å². The molecule has 3 N–H and O–H groups in total. The van der Waals surface area contributed by atoms with Crippen molar-refractivity contribution in [2.45, 2.75) is 4.90 Å². The van der Waals surface area contributed by atoms with Crippen LogP contribution in [0.15, 0.2) is 41.3 Å². The number of sulfonamides is 1. The molecule has 0 atom stereocenters. The van der Waals surface area contributed by atoms with Gasteiger partial charge in [-0.05, 0) is 24.3 Å². The third-order valence-electron chi connectivity index (χ3n) is 3.13. The van der Waals surface area contributed by atoms with E-state index in [1.165, 1.54) is 44.6 Å². The first kappa shape index (κ1) is 17.3. The molecule has 0 aliphatic heterocycles. The molecule has 0 saturated carbocycles. The van der Waals surface area contributed by atoms with Crippen LogP contribution in [0.4, 0.5) is 17.1 Å². The van der Waals surface area contributed by atoms with E-state index in [1.54, 1.807) is 0 Å². The fourth-order valence-electron chi connectivity index (χ4n) is 1.95. The molecule has 9 nitrogen and oxygen atoms in total. The lowest BCUT2D eigenvalue weighted by Gasteiger charge is -2.12. The summed E-state index contributed by atoms with van der Waals surface area (Å²) in [4.78, 5) is 10.4. The molecule has 0 radical (unpaired) electrons.